The van der Waals surface area contributed by atoms with Crippen LogP contribution >= 0.6 is 11.3 Å². The van der Waals surface area contributed by atoms with Crippen molar-refractivity contribution in [2.75, 3.05) is 52.9 Å². The van der Waals surface area contributed by atoms with E-state index in [4.69, 9.17) is 0 Å². The van der Waals surface area contributed by atoms with Gasteiger partial charge in [-0.1, -0.05) is 12.2 Å². The lowest BCUT2D eigenvalue weighted by molar-refractivity contribution is 0.176. The molecule has 6 nitrogen and oxygen atoms in total. The van der Waals surface area contributed by atoms with E-state index in [2.05, 4.69) is 54.4 Å². The number of aromatic nitrogens is 1. The van der Waals surface area contributed by atoms with Gasteiger partial charge in [0.05, 0.1) is 10.7 Å². The Morgan fingerprint density at radius 3 is 2.68 bits per heavy atom. The highest BCUT2D eigenvalue weighted by atomic mass is 32.1. The molecule has 3 aliphatic heterocycles. The Morgan fingerprint density at radius 2 is 2.00 bits per heavy atom. The molecule has 1 atom stereocenters. The number of likely N-dealkylation sites (tertiary alicyclic amines) is 2. The number of nitrogens with one attached hydrogen (secondary N) is 1. The van der Waals surface area contributed by atoms with E-state index in [-0.39, 0.29) is 0 Å². The topological polar surface area (TPSA) is 47.0 Å². The van der Waals surface area contributed by atoms with Gasteiger partial charge in [-0.3, -0.25) is 14.8 Å². The molecule has 28 heavy (non-hydrogen) atoms. The first-order chi connectivity index (χ1) is 13.7. The number of aliphatic imine (C=N–C) groups is 1. The van der Waals surface area contributed by atoms with Gasteiger partial charge in [-0.2, -0.15) is 0 Å². The number of nitrogens with zero attached hydrogens (tertiary/aromatic N) is 5. The molecule has 154 valence electrons. The second-order valence-electron chi connectivity index (χ2n) is 8.32. The van der Waals surface area contributed by atoms with Gasteiger partial charge < -0.3 is 10.2 Å². The largest absolute Gasteiger partial charge is 0.356 e. The van der Waals surface area contributed by atoms with Crippen molar-refractivity contribution in [1.29, 1.82) is 0 Å². The number of thiazole rings is 1. The van der Waals surface area contributed by atoms with Crippen LogP contribution in [0.1, 0.15) is 30.0 Å². The summed E-state index contributed by atoms with van der Waals surface area (Å²) in [7, 11) is 1.92. The second kappa shape index (κ2) is 9.37. The van der Waals surface area contributed by atoms with E-state index in [9.17, 15) is 0 Å². The molecule has 1 aromatic rings. The maximum Gasteiger partial charge on any atom is 0.193 e. The van der Waals surface area contributed by atoms with Crippen LogP contribution in [0.3, 0.4) is 0 Å². The number of guanidine groups is 1. The van der Waals surface area contributed by atoms with Crippen LogP contribution in [0.5, 0.6) is 0 Å². The SMILES string of the molecule is CN=C(NCC1CCN(Cc2csc(C)n2)CC1)N1CCC(N2CC=CC2)C1. The lowest BCUT2D eigenvalue weighted by atomic mass is 9.97. The zero-order valence-electron chi connectivity index (χ0n) is 17.3. The quantitative estimate of drug-likeness (QED) is 0.465. The van der Waals surface area contributed by atoms with Crippen molar-refractivity contribution < 1.29 is 0 Å². The molecular formula is C21H34N6S. The Balaban J connectivity index is 1.18. The third-order valence-corrected chi connectivity index (χ3v) is 7.17. The molecule has 4 rings (SSSR count). The van der Waals surface area contributed by atoms with Crippen LogP contribution in [-0.2, 0) is 6.54 Å². The summed E-state index contributed by atoms with van der Waals surface area (Å²) < 4.78 is 0. The predicted octanol–water partition coefficient (Wildman–Crippen LogP) is 2.19. The Labute approximate surface area is 173 Å². The van der Waals surface area contributed by atoms with E-state index >= 15 is 0 Å². The van der Waals surface area contributed by atoms with Gasteiger partial charge in [-0.25, -0.2) is 4.98 Å². The van der Waals surface area contributed by atoms with Crippen LogP contribution in [0.2, 0.25) is 0 Å². The average molecular weight is 403 g/mol. The highest BCUT2D eigenvalue weighted by molar-refractivity contribution is 7.09. The fourth-order valence-electron chi connectivity index (χ4n) is 4.65. The third kappa shape index (κ3) is 4.93. The van der Waals surface area contributed by atoms with Gasteiger partial charge in [-0.15, -0.1) is 11.3 Å². The van der Waals surface area contributed by atoms with Gasteiger partial charge in [0.1, 0.15) is 0 Å². The molecule has 1 N–H and O–H groups in total. The van der Waals surface area contributed by atoms with Crippen LogP contribution < -0.4 is 5.32 Å². The molecule has 2 saturated heterocycles. The highest BCUT2D eigenvalue weighted by Gasteiger charge is 2.30. The predicted molar refractivity (Wildman–Crippen MR) is 117 cm³/mol. The molecule has 0 amide bonds. The molecule has 4 heterocycles. The molecule has 2 fully saturated rings. The number of aryl methyl sites for hydroxylation is 1. The Morgan fingerprint density at radius 1 is 1.21 bits per heavy atom. The number of piperidine rings is 1. The summed E-state index contributed by atoms with van der Waals surface area (Å²) in [4.78, 5) is 16.8. The van der Waals surface area contributed by atoms with Gasteiger partial charge in [0, 0.05) is 57.7 Å². The lowest BCUT2D eigenvalue weighted by Gasteiger charge is -2.32. The van der Waals surface area contributed by atoms with Crippen LogP contribution in [-0.4, -0.2) is 84.5 Å². The van der Waals surface area contributed by atoms with Crippen LogP contribution in [0.4, 0.5) is 0 Å². The summed E-state index contributed by atoms with van der Waals surface area (Å²) in [6, 6.07) is 0.672. The van der Waals surface area contributed by atoms with Crippen molar-refractivity contribution in [3.63, 3.8) is 0 Å². The first-order valence-electron chi connectivity index (χ1n) is 10.7. The lowest BCUT2D eigenvalue weighted by Crippen LogP contribution is -2.45. The molecule has 3 aliphatic rings. The summed E-state index contributed by atoms with van der Waals surface area (Å²) in [5.74, 6) is 1.83. The third-order valence-electron chi connectivity index (χ3n) is 6.35. The molecule has 0 saturated carbocycles. The van der Waals surface area contributed by atoms with Crippen LogP contribution in [0.25, 0.3) is 0 Å². The smallest absolute Gasteiger partial charge is 0.193 e. The van der Waals surface area contributed by atoms with Crippen molar-refractivity contribution >= 4 is 17.3 Å². The Kier molecular flexibility index (Phi) is 6.65. The monoisotopic (exact) mass is 402 g/mol. The summed E-state index contributed by atoms with van der Waals surface area (Å²) in [6.45, 7) is 10.9. The number of hydrogen-bond acceptors (Lipinski definition) is 5. The Bertz CT molecular complexity index is 683. The summed E-state index contributed by atoms with van der Waals surface area (Å²) >= 11 is 1.76. The minimum absolute atomic E-state index is 0.672. The van der Waals surface area contributed by atoms with Gasteiger partial charge in [0.15, 0.2) is 5.96 Å². The van der Waals surface area contributed by atoms with Crippen LogP contribution in [0, 0.1) is 12.8 Å². The van der Waals surface area contributed by atoms with Crippen molar-refractivity contribution in [1.82, 2.24) is 25.0 Å². The van der Waals surface area contributed by atoms with E-state index in [1.165, 1.54) is 43.1 Å². The summed E-state index contributed by atoms with van der Waals surface area (Å²) in [5, 5.41) is 7.05. The molecule has 0 bridgehead atoms. The zero-order valence-corrected chi connectivity index (χ0v) is 18.1. The van der Waals surface area contributed by atoms with Gasteiger partial charge in [0.25, 0.3) is 0 Å². The van der Waals surface area contributed by atoms with Gasteiger partial charge in [-0.05, 0) is 45.2 Å². The van der Waals surface area contributed by atoms with Crippen molar-refractivity contribution in [2.45, 2.75) is 38.8 Å². The molecule has 0 aromatic carbocycles. The minimum atomic E-state index is 0.672. The fourth-order valence-corrected chi connectivity index (χ4v) is 5.26. The molecular weight excluding hydrogens is 368 g/mol. The molecule has 0 radical (unpaired) electrons. The number of rotatable bonds is 5. The zero-order chi connectivity index (χ0) is 19.3. The standard InChI is InChI=1S/C21H34N6S/c1-17-24-19(16-28-17)14-25-10-5-18(6-11-25)13-23-21(22-2)27-12-7-20(15-27)26-8-3-4-9-26/h3-4,16,18,20H,5-15H2,1-2H3,(H,22,23). The minimum Gasteiger partial charge on any atom is -0.356 e. The fraction of sp³-hybridized carbons (Fsp3) is 0.714. The van der Waals surface area contributed by atoms with E-state index in [0.717, 1.165) is 51.1 Å². The van der Waals surface area contributed by atoms with Crippen molar-refractivity contribution in [3.8, 4) is 0 Å². The summed E-state index contributed by atoms with van der Waals surface area (Å²) in [5.41, 5.74) is 1.23. The highest BCUT2D eigenvalue weighted by Crippen LogP contribution is 2.20. The molecule has 0 aliphatic carbocycles. The van der Waals surface area contributed by atoms with Crippen molar-refractivity contribution in [3.05, 3.63) is 28.2 Å². The van der Waals surface area contributed by atoms with E-state index in [1.54, 1.807) is 11.3 Å². The van der Waals surface area contributed by atoms with Crippen LogP contribution in [0.15, 0.2) is 22.5 Å². The molecule has 1 unspecified atom stereocenters. The van der Waals surface area contributed by atoms with E-state index < -0.39 is 0 Å². The molecule has 7 heteroatoms. The van der Waals surface area contributed by atoms with E-state index in [1.807, 2.05) is 7.05 Å². The van der Waals surface area contributed by atoms with Crippen molar-refractivity contribution in [2.24, 2.45) is 10.9 Å². The second-order valence-corrected chi connectivity index (χ2v) is 9.38. The maximum absolute atomic E-state index is 4.61. The number of hydrogen-bond donors (Lipinski definition) is 1. The normalized spacial score (nSPS) is 25.1. The average Bonchev–Trinajstić information content (AvgIpc) is 3.45. The Hall–Kier alpha value is -1.44. The van der Waals surface area contributed by atoms with E-state index in [0.29, 0.717) is 6.04 Å². The molecule has 0 spiro atoms. The molecule has 1 aromatic heterocycles. The van der Waals surface area contributed by atoms with Gasteiger partial charge >= 0.3 is 0 Å². The maximum atomic E-state index is 4.61. The first kappa shape index (κ1) is 19.9. The summed E-state index contributed by atoms with van der Waals surface area (Å²) in [6.07, 6.45) is 8.34. The first-order valence-corrected chi connectivity index (χ1v) is 11.6. The van der Waals surface area contributed by atoms with Gasteiger partial charge in [0.2, 0.25) is 0 Å².